The molecule has 7 heteroatoms. The molecule has 1 aromatic carbocycles. The number of nitrogens with zero attached hydrogens (tertiary/aromatic N) is 3. The highest BCUT2D eigenvalue weighted by Crippen LogP contribution is 2.46. The lowest BCUT2D eigenvalue weighted by Gasteiger charge is -2.38. The third-order valence-corrected chi connectivity index (χ3v) is 7.54. The summed E-state index contributed by atoms with van der Waals surface area (Å²) in [6.45, 7) is 1.03. The number of fused-ring (bicyclic) bond motifs is 4. The fraction of sp³-hybridized carbons (Fsp3) is 0.591. The van der Waals surface area contributed by atoms with E-state index in [0.29, 0.717) is 18.7 Å². The van der Waals surface area contributed by atoms with Gasteiger partial charge in [0.05, 0.1) is 35.4 Å². The van der Waals surface area contributed by atoms with E-state index in [0.717, 1.165) is 32.1 Å². The molecule has 4 fully saturated rings. The first-order chi connectivity index (χ1) is 14.0. The predicted molar refractivity (Wildman–Crippen MR) is 103 cm³/mol. The summed E-state index contributed by atoms with van der Waals surface area (Å²) >= 11 is 0. The number of amides is 2. The van der Waals surface area contributed by atoms with E-state index in [4.69, 9.17) is 5.26 Å². The minimum absolute atomic E-state index is 0.00183. The van der Waals surface area contributed by atoms with Crippen molar-refractivity contribution in [1.82, 2.24) is 9.80 Å². The van der Waals surface area contributed by atoms with Gasteiger partial charge >= 0.3 is 0 Å². The second kappa shape index (κ2) is 6.74. The van der Waals surface area contributed by atoms with Crippen molar-refractivity contribution < 1.29 is 19.8 Å². The Morgan fingerprint density at radius 1 is 1.03 bits per heavy atom. The first-order valence-electron chi connectivity index (χ1n) is 10.5. The summed E-state index contributed by atoms with van der Waals surface area (Å²) in [6, 6.07) is 6.28. The summed E-state index contributed by atoms with van der Waals surface area (Å²) in [5, 5.41) is 29.3. The van der Waals surface area contributed by atoms with Gasteiger partial charge in [-0.3, -0.25) is 9.59 Å². The maximum Gasteiger partial charge on any atom is 0.257 e. The Morgan fingerprint density at radius 2 is 1.69 bits per heavy atom. The maximum absolute atomic E-state index is 13.2. The number of phenolic OH excluding ortho intramolecular Hbond substituents is 1. The number of phenols is 1. The van der Waals surface area contributed by atoms with E-state index in [1.165, 1.54) is 18.2 Å². The molecule has 2 heterocycles. The summed E-state index contributed by atoms with van der Waals surface area (Å²) in [6.07, 6.45) is 4.16. The van der Waals surface area contributed by atoms with Crippen LogP contribution in [0.1, 0.15) is 48.0 Å². The van der Waals surface area contributed by atoms with Crippen molar-refractivity contribution >= 4 is 11.8 Å². The number of piperazine rings is 1. The number of nitriles is 1. The minimum atomic E-state index is -0.245. The van der Waals surface area contributed by atoms with Gasteiger partial charge in [-0.2, -0.15) is 5.26 Å². The van der Waals surface area contributed by atoms with Crippen LogP contribution in [-0.4, -0.2) is 63.1 Å². The highest BCUT2D eigenvalue weighted by molar-refractivity contribution is 5.97. The standard InChI is InChI=1S/C22H25N3O4/c23-9-12-1-4-18(19(26)5-12)22(29)25-11-16-8-17(25)10-24(16)21(28)15-6-13-2-3-14(7-15)20(13)27/h1,4-5,13-17,20,26-27H,2-3,6-8,10-11H2/t13-,14+,15?,16-,17-,20?/m0/s1. The fourth-order valence-electron chi connectivity index (χ4n) is 6.05. The van der Waals surface area contributed by atoms with Crippen molar-refractivity contribution in [2.24, 2.45) is 17.8 Å². The van der Waals surface area contributed by atoms with Gasteiger partial charge in [-0.1, -0.05) is 0 Å². The second-order valence-electron chi connectivity index (χ2n) is 9.09. The quantitative estimate of drug-likeness (QED) is 0.789. The molecule has 0 radical (unpaired) electrons. The van der Waals surface area contributed by atoms with E-state index in [1.807, 2.05) is 11.0 Å². The average Bonchev–Trinajstić information content (AvgIpc) is 3.37. The van der Waals surface area contributed by atoms with Crippen molar-refractivity contribution in [2.45, 2.75) is 50.3 Å². The highest BCUT2D eigenvalue weighted by atomic mass is 16.3. The van der Waals surface area contributed by atoms with Crippen LogP contribution in [0.3, 0.4) is 0 Å². The number of rotatable bonds is 2. The second-order valence-corrected chi connectivity index (χ2v) is 9.09. The molecule has 29 heavy (non-hydrogen) atoms. The van der Waals surface area contributed by atoms with Crippen LogP contribution in [-0.2, 0) is 4.79 Å². The normalized spacial score (nSPS) is 35.0. The van der Waals surface area contributed by atoms with Crippen LogP contribution in [0.25, 0.3) is 0 Å². The van der Waals surface area contributed by atoms with E-state index in [1.54, 1.807) is 4.90 Å². The minimum Gasteiger partial charge on any atom is -0.507 e. The molecule has 2 saturated heterocycles. The van der Waals surface area contributed by atoms with Crippen molar-refractivity contribution in [3.8, 4) is 11.8 Å². The molecule has 1 aromatic rings. The van der Waals surface area contributed by atoms with Gasteiger partial charge in [0.15, 0.2) is 0 Å². The van der Waals surface area contributed by atoms with E-state index < -0.39 is 0 Å². The zero-order valence-electron chi connectivity index (χ0n) is 16.2. The molecule has 152 valence electrons. The number of aromatic hydroxyl groups is 1. The molecule has 2 amide bonds. The molecule has 5 rings (SSSR count). The number of benzene rings is 1. The first kappa shape index (κ1) is 18.4. The summed E-state index contributed by atoms with van der Waals surface area (Å²) in [5.74, 6) is 0.294. The maximum atomic E-state index is 13.2. The Kier molecular flexibility index (Phi) is 4.28. The molecule has 0 spiro atoms. The van der Waals surface area contributed by atoms with Gasteiger partial charge in [-0.25, -0.2) is 0 Å². The molecule has 4 aliphatic rings. The molecule has 2 saturated carbocycles. The van der Waals surface area contributed by atoms with Gasteiger partial charge < -0.3 is 20.0 Å². The Morgan fingerprint density at radius 3 is 2.28 bits per heavy atom. The van der Waals surface area contributed by atoms with Crippen molar-refractivity contribution in [1.29, 1.82) is 5.26 Å². The van der Waals surface area contributed by atoms with Gasteiger partial charge in [-0.15, -0.1) is 0 Å². The molecule has 2 aliphatic carbocycles. The van der Waals surface area contributed by atoms with Gasteiger partial charge in [0.2, 0.25) is 5.91 Å². The summed E-state index contributed by atoms with van der Waals surface area (Å²) in [4.78, 5) is 29.8. The fourth-order valence-corrected chi connectivity index (χ4v) is 6.05. The van der Waals surface area contributed by atoms with E-state index >= 15 is 0 Å². The number of carbonyl (C=O) groups is 2. The summed E-state index contributed by atoms with van der Waals surface area (Å²) in [7, 11) is 0. The summed E-state index contributed by atoms with van der Waals surface area (Å²) < 4.78 is 0. The Balaban J connectivity index is 1.26. The highest BCUT2D eigenvalue weighted by Gasteiger charge is 2.51. The van der Waals surface area contributed by atoms with E-state index in [-0.39, 0.29) is 59.1 Å². The third-order valence-electron chi connectivity index (χ3n) is 7.54. The first-order valence-corrected chi connectivity index (χ1v) is 10.5. The van der Waals surface area contributed by atoms with Crippen molar-refractivity contribution in [3.63, 3.8) is 0 Å². The topological polar surface area (TPSA) is 105 Å². The largest absolute Gasteiger partial charge is 0.507 e. The van der Waals surface area contributed by atoms with Gasteiger partial charge in [0.1, 0.15) is 5.75 Å². The molecule has 6 atom stereocenters. The predicted octanol–water partition coefficient (Wildman–Crippen LogP) is 1.49. The number of hydrogen-bond acceptors (Lipinski definition) is 5. The average molecular weight is 395 g/mol. The number of carbonyl (C=O) groups excluding carboxylic acids is 2. The third kappa shape index (κ3) is 2.89. The van der Waals surface area contributed by atoms with E-state index in [2.05, 4.69) is 0 Å². The van der Waals surface area contributed by atoms with Crippen LogP contribution < -0.4 is 0 Å². The molecule has 2 N–H and O–H groups in total. The molecule has 2 unspecified atom stereocenters. The number of likely N-dealkylation sites (tertiary alicyclic amines) is 2. The lowest BCUT2D eigenvalue weighted by atomic mass is 9.78. The number of aliphatic hydroxyl groups excluding tert-OH is 1. The smallest absolute Gasteiger partial charge is 0.257 e. The van der Waals surface area contributed by atoms with Crippen LogP contribution in [0.15, 0.2) is 18.2 Å². The van der Waals surface area contributed by atoms with Crippen LogP contribution >= 0.6 is 0 Å². The SMILES string of the molecule is N#Cc1ccc(C(=O)N2C[C@@H]3C[C@H]2CN3C(=O)C2C[C@H]3CC[C@@H](C2)C3O)c(O)c1. The summed E-state index contributed by atoms with van der Waals surface area (Å²) in [5.41, 5.74) is 0.512. The lowest BCUT2D eigenvalue weighted by Crippen LogP contribution is -2.52. The van der Waals surface area contributed by atoms with E-state index in [9.17, 15) is 19.8 Å². The zero-order chi connectivity index (χ0) is 20.3. The monoisotopic (exact) mass is 395 g/mol. The molecule has 4 bridgehead atoms. The van der Waals surface area contributed by atoms with Gasteiger partial charge in [0.25, 0.3) is 5.91 Å². The van der Waals surface area contributed by atoms with Crippen LogP contribution in [0, 0.1) is 29.1 Å². The van der Waals surface area contributed by atoms with Crippen LogP contribution in [0.2, 0.25) is 0 Å². The van der Waals surface area contributed by atoms with Crippen molar-refractivity contribution in [2.75, 3.05) is 13.1 Å². The van der Waals surface area contributed by atoms with Crippen LogP contribution in [0.4, 0.5) is 0 Å². The lowest BCUT2D eigenvalue weighted by molar-refractivity contribution is -0.140. The molecular formula is C22H25N3O4. The number of hydrogen-bond donors (Lipinski definition) is 2. The Labute approximate surface area is 169 Å². The molecule has 2 aliphatic heterocycles. The van der Waals surface area contributed by atoms with Crippen LogP contribution in [0.5, 0.6) is 5.75 Å². The molecule has 0 aromatic heterocycles. The van der Waals surface area contributed by atoms with Gasteiger partial charge in [-0.05, 0) is 62.1 Å². The molecule has 7 nitrogen and oxygen atoms in total. The van der Waals surface area contributed by atoms with Crippen molar-refractivity contribution in [3.05, 3.63) is 29.3 Å². The Bertz CT molecular complexity index is 896. The van der Waals surface area contributed by atoms with Gasteiger partial charge in [0, 0.05) is 19.0 Å². The zero-order valence-corrected chi connectivity index (χ0v) is 16.2. The Hall–Kier alpha value is -2.59. The number of aliphatic hydroxyl groups is 1. The molecular weight excluding hydrogens is 370 g/mol.